The number of morpholine rings is 1. The van der Waals surface area contributed by atoms with Crippen LogP contribution in [0.25, 0.3) is 0 Å². The minimum absolute atomic E-state index is 0.242. The Kier molecular flexibility index (Phi) is 3.19. The quantitative estimate of drug-likeness (QED) is 0.569. The average Bonchev–Trinajstić information content (AvgIpc) is 2.03. The summed E-state index contributed by atoms with van der Waals surface area (Å²) < 4.78 is 5.38. The van der Waals surface area contributed by atoms with Gasteiger partial charge >= 0.3 is 0 Å². The molecule has 0 aromatic rings. The van der Waals surface area contributed by atoms with Crippen LogP contribution in [0.5, 0.6) is 0 Å². The first-order valence-electron chi connectivity index (χ1n) is 3.55. The Hall–Kier alpha value is -0.600. The lowest BCUT2D eigenvalue weighted by Crippen LogP contribution is -2.37. The summed E-state index contributed by atoms with van der Waals surface area (Å²) in [6.07, 6.45) is 5.93. The molecular weight excluding hydrogens is 126 g/mol. The van der Waals surface area contributed by atoms with E-state index in [-0.39, 0.29) is 6.10 Å². The first-order valence-corrected chi connectivity index (χ1v) is 3.55. The molecule has 1 heterocycles. The third-order valence-corrected chi connectivity index (χ3v) is 1.42. The molecule has 0 bridgehead atoms. The van der Waals surface area contributed by atoms with Crippen LogP contribution in [0.3, 0.4) is 0 Å². The fourth-order valence-electron chi connectivity index (χ4n) is 0.912. The summed E-state index contributed by atoms with van der Waals surface area (Å²) in [7, 11) is 0. The molecule has 1 aliphatic rings. The molecule has 56 valence electrons. The lowest BCUT2D eigenvalue weighted by atomic mass is 10.3. The van der Waals surface area contributed by atoms with Crippen molar-refractivity contribution in [1.82, 2.24) is 5.32 Å². The summed E-state index contributed by atoms with van der Waals surface area (Å²) in [5, 5.41) is 3.23. The molecule has 2 nitrogen and oxygen atoms in total. The second kappa shape index (κ2) is 4.25. The van der Waals surface area contributed by atoms with Crippen LogP contribution < -0.4 is 5.32 Å². The van der Waals surface area contributed by atoms with Crippen LogP contribution in [-0.4, -0.2) is 25.8 Å². The van der Waals surface area contributed by atoms with E-state index in [9.17, 15) is 0 Å². The predicted molar refractivity (Wildman–Crippen MR) is 41.9 cm³/mol. The molecule has 0 aromatic carbocycles. The van der Waals surface area contributed by atoms with Crippen LogP contribution in [0.2, 0.25) is 0 Å². The van der Waals surface area contributed by atoms with E-state index < -0.39 is 0 Å². The summed E-state index contributed by atoms with van der Waals surface area (Å²) in [4.78, 5) is 0. The number of ether oxygens (including phenoxy) is 1. The molecule has 1 N–H and O–H groups in total. The molecule has 1 atom stereocenters. The summed E-state index contributed by atoms with van der Waals surface area (Å²) >= 11 is 0. The van der Waals surface area contributed by atoms with Gasteiger partial charge < -0.3 is 10.1 Å². The van der Waals surface area contributed by atoms with Gasteiger partial charge in [0.15, 0.2) is 0 Å². The highest BCUT2D eigenvalue weighted by Gasteiger charge is 2.07. The maximum Gasteiger partial charge on any atom is 0.0883 e. The van der Waals surface area contributed by atoms with Crippen LogP contribution in [0.4, 0.5) is 0 Å². The summed E-state index contributed by atoms with van der Waals surface area (Å²) in [5.74, 6) is 0. The zero-order valence-electron chi connectivity index (χ0n) is 6.05. The zero-order valence-corrected chi connectivity index (χ0v) is 6.05. The lowest BCUT2D eigenvalue weighted by molar-refractivity contribution is 0.0592. The van der Waals surface area contributed by atoms with Gasteiger partial charge in [0.05, 0.1) is 12.7 Å². The summed E-state index contributed by atoms with van der Waals surface area (Å²) in [5.41, 5.74) is 0. The van der Waals surface area contributed by atoms with Gasteiger partial charge in [-0.3, -0.25) is 0 Å². The third kappa shape index (κ3) is 2.33. The highest BCUT2D eigenvalue weighted by molar-refractivity contribution is 5.02. The molecular formula is C8H13NO. The van der Waals surface area contributed by atoms with Crippen LogP contribution in [0.1, 0.15) is 0 Å². The second-order valence-electron chi connectivity index (χ2n) is 2.23. The Labute approximate surface area is 61.6 Å². The van der Waals surface area contributed by atoms with Gasteiger partial charge in [0.25, 0.3) is 0 Å². The van der Waals surface area contributed by atoms with E-state index in [1.54, 1.807) is 6.08 Å². The van der Waals surface area contributed by atoms with E-state index >= 15 is 0 Å². The maximum absolute atomic E-state index is 5.38. The molecule has 1 unspecified atom stereocenters. The van der Waals surface area contributed by atoms with E-state index in [0.29, 0.717) is 0 Å². The summed E-state index contributed by atoms with van der Waals surface area (Å²) in [6.45, 7) is 6.29. The number of nitrogens with one attached hydrogen (secondary N) is 1. The second-order valence-corrected chi connectivity index (χ2v) is 2.23. The van der Waals surface area contributed by atoms with E-state index in [2.05, 4.69) is 11.9 Å². The SMILES string of the molecule is C=C/C=C/C1CNCCO1. The smallest absolute Gasteiger partial charge is 0.0883 e. The molecule has 2 heteroatoms. The minimum Gasteiger partial charge on any atom is -0.371 e. The van der Waals surface area contributed by atoms with E-state index in [1.165, 1.54) is 0 Å². The molecule has 0 spiro atoms. The van der Waals surface area contributed by atoms with Crippen molar-refractivity contribution in [2.45, 2.75) is 6.10 Å². The van der Waals surface area contributed by atoms with Crippen molar-refractivity contribution >= 4 is 0 Å². The molecule has 0 radical (unpaired) electrons. The Balaban J connectivity index is 2.25. The van der Waals surface area contributed by atoms with E-state index in [4.69, 9.17) is 4.74 Å². The van der Waals surface area contributed by atoms with E-state index in [1.807, 2.05) is 12.2 Å². The predicted octanol–water partition coefficient (Wildman–Crippen LogP) is 0.717. The summed E-state index contributed by atoms with van der Waals surface area (Å²) in [6, 6.07) is 0. The molecule has 10 heavy (non-hydrogen) atoms. The largest absolute Gasteiger partial charge is 0.371 e. The monoisotopic (exact) mass is 139 g/mol. The fraction of sp³-hybridized carbons (Fsp3) is 0.500. The van der Waals surface area contributed by atoms with Crippen molar-refractivity contribution in [2.75, 3.05) is 19.7 Å². The van der Waals surface area contributed by atoms with Gasteiger partial charge in [-0.2, -0.15) is 0 Å². The molecule has 0 aromatic heterocycles. The van der Waals surface area contributed by atoms with Crippen molar-refractivity contribution in [2.24, 2.45) is 0 Å². The molecule has 1 rings (SSSR count). The first kappa shape index (κ1) is 7.51. The standard InChI is InChI=1S/C8H13NO/c1-2-3-4-8-7-9-5-6-10-8/h2-4,8-9H,1,5-7H2/b4-3+. The molecule has 1 saturated heterocycles. The van der Waals surface area contributed by atoms with Gasteiger partial charge in [-0.25, -0.2) is 0 Å². The number of rotatable bonds is 2. The van der Waals surface area contributed by atoms with Gasteiger partial charge in [-0.05, 0) is 0 Å². The van der Waals surface area contributed by atoms with Gasteiger partial charge in [0, 0.05) is 13.1 Å². The molecule has 0 saturated carbocycles. The highest BCUT2D eigenvalue weighted by Crippen LogP contribution is 1.96. The maximum atomic E-state index is 5.38. The highest BCUT2D eigenvalue weighted by atomic mass is 16.5. The average molecular weight is 139 g/mol. The third-order valence-electron chi connectivity index (χ3n) is 1.42. The molecule has 0 amide bonds. The Morgan fingerprint density at radius 2 is 2.50 bits per heavy atom. The number of hydrogen-bond acceptors (Lipinski definition) is 2. The molecule has 1 fully saturated rings. The topological polar surface area (TPSA) is 21.3 Å². The fourth-order valence-corrected chi connectivity index (χ4v) is 0.912. The van der Waals surface area contributed by atoms with E-state index in [0.717, 1.165) is 19.7 Å². The van der Waals surface area contributed by atoms with Crippen molar-refractivity contribution in [3.8, 4) is 0 Å². The minimum atomic E-state index is 0.242. The Morgan fingerprint density at radius 1 is 1.60 bits per heavy atom. The van der Waals surface area contributed by atoms with Crippen LogP contribution in [0.15, 0.2) is 24.8 Å². The number of hydrogen-bond donors (Lipinski definition) is 1. The Bertz CT molecular complexity index is 125. The Morgan fingerprint density at radius 3 is 3.10 bits per heavy atom. The van der Waals surface area contributed by atoms with Crippen molar-refractivity contribution < 1.29 is 4.74 Å². The normalized spacial score (nSPS) is 27.0. The first-order chi connectivity index (χ1) is 4.93. The van der Waals surface area contributed by atoms with Crippen LogP contribution >= 0.6 is 0 Å². The van der Waals surface area contributed by atoms with Crippen LogP contribution in [0, 0.1) is 0 Å². The van der Waals surface area contributed by atoms with Crippen molar-refractivity contribution in [3.63, 3.8) is 0 Å². The van der Waals surface area contributed by atoms with Crippen LogP contribution in [-0.2, 0) is 4.74 Å². The molecule has 0 aliphatic carbocycles. The van der Waals surface area contributed by atoms with Crippen molar-refractivity contribution in [1.29, 1.82) is 0 Å². The van der Waals surface area contributed by atoms with Crippen molar-refractivity contribution in [3.05, 3.63) is 24.8 Å². The van der Waals surface area contributed by atoms with Gasteiger partial charge in [-0.1, -0.05) is 24.8 Å². The lowest BCUT2D eigenvalue weighted by Gasteiger charge is -2.20. The number of allylic oxidation sites excluding steroid dienone is 2. The van der Waals surface area contributed by atoms with Gasteiger partial charge in [0.2, 0.25) is 0 Å². The van der Waals surface area contributed by atoms with Gasteiger partial charge in [0.1, 0.15) is 0 Å². The van der Waals surface area contributed by atoms with Gasteiger partial charge in [-0.15, -0.1) is 0 Å². The zero-order chi connectivity index (χ0) is 7.23. The molecule has 1 aliphatic heterocycles.